The van der Waals surface area contributed by atoms with Crippen LogP contribution in [0.25, 0.3) is 0 Å². The molecule has 1 fully saturated rings. The van der Waals surface area contributed by atoms with Gasteiger partial charge >= 0.3 is 0 Å². The van der Waals surface area contributed by atoms with Crippen LogP contribution in [-0.2, 0) is 11.3 Å². The molecule has 2 atom stereocenters. The van der Waals surface area contributed by atoms with Gasteiger partial charge in [-0.05, 0) is 19.9 Å². The zero-order chi connectivity index (χ0) is 12.3. The molecule has 0 aromatic carbocycles. The standard InChI is InChI=1S/C12H20N4O/c1-10-8-15(9-11(2)14-10)12(17)4-7-16-6-3-5-13-16/h3,5-6,10-11,14H,4,7-9H2,1-2H3/t10-,11-/m0/s1. The van der Waals surface area contributed by atoms with Crippen molar-refractivity contribution in [2.45, 2.75) is 38.9 Å². The first-order valence-corrected chi connectivity index (χ1v) is 6.16. The topological polar surface area (TPSA) is 50.2 Å². The van der Waals surface area contributed by atoms with Crippen LogP contribution in [-0.4, -0.2) is 45.8 Å². The maximum Gasteiger partial charge on any atom is 0.224 e. The minimum Gasteiger partial charge on any atom is -0.340 e. The van der Waals surface area contributed by atoms with Gasteiger partial charge in [0.2, 0.25) is 5.91 Å². The van der Waals surface area contributed by atoms with Crippen molar-refractivity contribution in [1.29, 1.82) is 0 Å². The van der Waals surface area contributed by atoms with E-state index in [1.165, 1.54) is 0 Å². The molecule has 5 heteroatoms. The number of piperazine rings is 1. The van der Waals surface area contributed by atoms with Crippen molar-refractivity contribution in [3.05, 3.63) is 18.5 Å². The van der Waals surface area contributed by atoms with Crippen molar-refractivity contribution < 1.29 is 4.79 Å². The molecule has 0 aliphatic carbocycles. The predicted molar refractivity (Wildman–Crippen MR) is 65.5 cm³/mol. The van der Waals surface area contributed by atoms with E-state index in [2.05, 4.69) is 24.3 Å². The Morgan fingerprint density at radius 1 is 1.41 bits per heavy atom. The number of nitrogens with zero attached hydrogens (tertiary/aromatic N) is 3. The van der Waals surface area contributed by atoms with E-state index in [9.17, 15) is 4.79 Å². The highest BCUT2D eigenvalue weighted by Crippen LogP contribution is 2.06. The number of hydrogen-bond donors (Lipinski definition) is 1. The molecule has 1 aliphatic rings. The summed E-state index contributed by atoms with van der Waals surface area (Å²) < 4.78 is 1.80. The van der Waals surface area contributed by atoms with Gasteiger partial charge in [0.05, 0.1) is 0 Å². The van der Waals surface area contributed by atoms with Gasteiger partial charge in [-0.2, -0.15) is 5.10 Å². The molecule has 2 rings (SSSR count). The van der Waals surface area contributed by atoms with Crippen LogP contribution in [0.1, 0.15) is 20.3 Å². The Bertz CT molecular complexity index is 353. The monoisotopic (exact) mass is 236 g/mol. The largest absolute Gasteiger partial charge is 0.340 e. The highest BCUT2D eigenvalue weighted by atomic mass is 16.2. The molecule has 17 heavy (non-hydrogen) atoms. The summed E-state index contributed by atoms with van der Waals surface area (Å²) in [5.74, 6) is 0.223. The molecule has 2 heterocycles. The van der Waals surface area contributed by atoms with Crippen molar-refractivity contribution in [2.75, 3.05) is 13.1 Å². The normalized spacial score (nSPS) is 24.9. The van der Waals surface area contributed by atoms with E-state index < -0.39 is 0 Å². The van der Waals surface area contributed by atoms with Gasteiger partial charge in [0.1, 0.15) is 0 Å². The number of rotatable bonds is 3. The molecule has 1 aromatic heterocycles. The van der Waals surface area contributed by atoms with Crippen molar-refractivity contribution in [3.8, 4) is 0 Å². The molecule has 1 aromatic rings. The quantitative estimate of drug-likeness (QED) is 0.830. The number of carbonyl (C=O) groups is 1. The van der Waals surface area contributed by atoms with Gasteiger partial charge in [0.15, 0.2) is 0 Å². The second-order valence-electron chi connectivity index (χ2n) is 4.79. The minimum absolute atomic E-state index is 0.223. The highest BCUT2D eigenvalue weighted by molar-refractivity contribution is 5.76. The van der Waals surface area contributed by atoms with Gasteiger partial charge in [-0.1, -0.05) is 0 Å². The summed E-state index contributed by atoms with van der Waals surface area (Å²) in [7, 11) is 0. The van der Waals surface area contributed by atoms with Gasteiger partial charge in [-0.3, -0.25) is 9.48 Å². The van der Waals surface area contributed by atoms with E-state index in [0.29, 0.717) is 25.0 Å². The smallest absolute Gasteiger partial charge is 0.224 e. The van der Waals surface area contributed by atoms with E-state index in [-0.39, 0.29) is 5.91 Å². The number of carbonyl (C=O) groups excluding carboxylic acids is 1. The lowest BCUT2D eigenvalue weighted by atomic mass is 10.1. The molecule has 0 radical (unpaired) electrons. The number of hydrogen-bond acceptors (Lipinski definition) is 3. The van der Waals surface area contributed by atoms with Crippen molar-refractivity contribution in [1.82, 2.24) is 20.0 Å². The molecular formula is C12H20N4O. The average Bonchev–Trinajstić information content (AvgIpc) is 2.77. The SMILES string of the molecule is C[C@H]1CN(C(=O)CCn2cccn2)C[C@H](C)N1. The Hall–Kier alpha value is -1.36. The lowest BCUT2D eigenvalue weighted by molar-refractivity contribution is -0.133. The van der Waals surface area contributed by atoms with Crippen molar-refractivity contribution in [2.24, 2.45) is 0 Å². The van der Waals surface area contributed by atoms with E-state index >= 15 is 0 Å². The van der Waals surface area contributed by atoms with Crippen LogP contribution in [0.4, 0.5) is 0 Å². The lowest BCUT2D eigenvalue weighted by Crippen LogP contribution is -2.55. The van der Waals surface area contributed by atoms with Gasteiger partial charge < -0.3 is 10.2 Å². The third-order valence-electron chi connectivity index (χ3n) is 3.02. The molecule has 1 amide bonds. The Morgan fingerprint density at radius 3 is 2.71 bits per heavy atom. The second-order valence-corrected chi connectivity index (χ2v) is 4.79. The first-order chi connectivity index (χ1) is 8.15. The number of aromatic nitrogens is 2. The Labute approximate surface area is 102 Å². The number of amides is 1. The van der Waals surface area contributed by atoms with Crippen LogP contribution in [0.2, 0.25) is 0 Å². The maximum absolute atomic E-state index is 12.0. The molecule has 94 valence electrons. The molecule has 0 spiro atoms. The van der Waals surface area contributed by atoms with Gasteiger partial charge in [0.25, 0.3) is 0 Å². The second kappa shape index (κ2) is 5.31. The van der Waals surface area contributed by atoms with Crippen LogP contribution < -0.4 is 5.32 Å². The molecule has 5 nitrogen and oxygen atoms in total. The molecule has 1 aliphatic heterocycles. The minimum atomic E-state index is 0.223. The Balaban J connectivity index is 1.83. The first kappa shape index (κ1) is 12.1. The summed E-state index contributed by atoms with van der Waals surface area (Å²) in [6.45, 7) is 6.51. The van der Waals surface area contributed by atoms with Crippen LogP contribution in [0, 0.1) is 0 Å². The van der Waals surface area contributed by atoms with Gasteiger partial charge in [-0.25, -0.2) is 0 Å². The fourth-order valence-electron chi connectivity index (χ4n) is 2.33. The lowest BCUT2D eigenvalue weighted by Gasteiger charge is -2.36. The van der Waals surface area contributed by atoms with Crippen molar-refractivity contribution in [3.63, 3.8) is 0 Å². The number of nitrogens with one attached hydrogen (secondary N) is 1. The Morgan fingerprint density at radius 2 is 2.12 bits per heavy atom. The third kappa shape index (κ3) is 3.30. The number of aryl methyl sites for hydroxylation is 1. The zero-order valence-electron chi connectivity index (χ0n) is 10.5. The summed E-state index contributed by atoms with van der Waals surface area (Å²) >= 11 is 0. The third-order valence-corrected chi connectivity index (χ3v) is 3.02. The molecule has 0 saturated carbocycles. The molecule has 1 N–H and O–H groups in total. The van der Waals surface area contributed by atoms with Crippen LogP contribution >= 0.6 is 0 Å². The van der Waals surface area contributed by atoms with Crippen LogP contribution in [0.15, 0.2) is 18.5 Å². The van der Waals surface area contributed by atoms with Crippen LogP contribution in [0.3, 0.4) is 0 Å². The Kier molecular flexibility index (Phi) is 3.78. The summed E-state index contributed by atoms with van der Waals surface area (Å²) in [6.07, 6.45) is 4.15. The summed E-state index contributed by atoms with van der Waals surface area (Å²) in [5.41, 5.74) is 0. The molecule has 0 unspecified atom stereocenters. The molecular weight excluding hydrogens is 216 g/mol. The zero-order valence-corrected chi connectivity index (χ0v) is 10.5. The van der Waals surface area contributed by atoms with E-state index in [0.717, 1.165) is 13.1 Å². The molecule has 0 bridgehead atoms. The first-order valence-electron chi connectivity index (χ1n) is 6.16. The van der Waals surface area contributed by atoms with Crippen molar-refractivity contribution >= 4 is 5.91 Å². The van der Waals surface area contributed by atoms with Gasteiger partial charge in [-0.15, -0.1) is 0 Å². The molecule has 1 saturated heterocycles. The van der Waals surface area contributed by atoms with Gasteiger partial charge in [0, 0.05) is 50.5 Å². The van der Waals surface area contributed by atoms with E-state index in [4.69, 9.17) is 0 Å². The predicted octanol–water partition coefficient (Wildman–Crippen LogP) is 0.482. The highest BCUT2D eigenvalue weighted by Gasteiger charge is 2.24. The maximum atomic E-state index is 12.0. The summed E-state index contributed by atoms with van der Waals surface area (Å²) in [6, 6.07) is 2.64. The van der Waals surface area contributed by atoms with E-state index in [1.54, 1.807) is 10.9 Å². The van der Waals surface area contributed by atoms with Crippen LogP contribution in [0.5, 0.6) is 0 Å². The summed E-state index contributed by atoms with van der Waals surface area (Å²) in [5, 5.41) is 7.52. The average molecular weight is 236 g/mol. The fraction of sp³-hybridized carbons (Fsp3) is 0.667. The van der Waals surface area contributed by atoms with E-state index in [1.807, 2.05) is 17.2 Å². The fourth-order valence-corrected chi connectivity index (χ4v) is 2.33. The summed E-state index contributed by atoms with van der Waals surface area (Å²) in [4.78, 5) is 14.0.